The second-order valence-electron chi connectivity index (χ2n) is 8.14. The van der Waals surface area contributed by atoms with Crippen LogP contribution in [0.1, 0.15) is 18.1 Å². The molecule has 1 heterocycles. The van der Waals surface area contributed by atoms with Gasteiger partial charge in [0.05, 0.1) is 27.0 Å². The van der Waals surface area contributed by atoms with E-state index in [0.29, 0.717) is 11.5 Å². The van der Waals surface area contributed by atoms with Gasteiger partial charge in [-0.25, -0.2) is 8.42 Å². The molecule has 9 nitrogen and oxygen atoms in total. The van der Waals surface area contributed by atoms with Crippen molar-refractivity contribution in [3.63, 3.8) is 0 Å². The van der Waals surface area contributed by atoms with Crippen LogP contribution < -0.4 is 14.8 Å². The second kappa shape index (κ2) is 9.80. The van der Waals surface area contributed by atoms with Crippen LogP contribution in [0.15, 0.2) is 48.5 Å². The molecule has 0 spiro atoms. The van der Waals surface area contributed by atoms with Crippen molar-refractivity contribution in [1.29, 1.82) is 0 Å². The molecule has 1 unspecified atom stereocenters. The first kappa shape index (κ1) is 24.5. The van der Waals surface area contributed by atoms with E-state index >= 15 is 0 Å². The molecular weight excluding hydrogens is 446 g/mol. The maximum Gasteiger partial charge on any atom is 0.247 e. The first-order chi connectivity index (χ1) is 15.6. The second-order valence-corrected chi connectivity index (χ2v) is 10.1. The van der Waals surface area contributed by atoms with Gasteiger partial charge in [0, 0.05) is 19.6 Å². The molecule has 1 fully saturated rings. The molecular formula is C23H29N3O6S. The smallest absolute Gasteiger partial charge is 0.247 e. The summed E-state index contributed by atoms with van der Waals surface area (Å²) >= 11 is 0. The highest BCUT2D eigenvalue weighted by Gasteiger charge is 2.49. The maximum atomic E-state index is 13.4. The number of hydrogen-bond acceptors (Lipinski definition) is 6. The van der Waals surface area contributed by atoms with Crippen LogP contribution in [0.3, 0.4) is 0 Å². The number of rotatable bonds is 8. The predicted octanol–water partition coefficient (Wildman–Crippen LogP) is 1.38. The van der Waals surface area contributed by atoms with E-state index in [-0.39, 0.29) is 26.2 Å². The summed E-state index contributed by atoms with van der Waals surface area (Å²) in [4.78, 5) is 27.9. The van der Waals surface area contributed by atoms with E-state index in [1.165, 1.54) is 19.1 Å². The van der Waals surface area contributed by atoms with Crippen LogP contribution in [-0.2, 0) is 32.7 Å². The van der Waals surface area contributed by atoms with Crippen LogP contribution >= 0.6 is 0 Å². The summed E-state index contributed by atoms with van der Waals surface area (Å²) in [6.45, 7) is 1.47. The van der Waals surface area contributed by atoms with E-state index in [9.17, 15) is 18.0 Å². The minimum atomic E-state index is -3.68. The summed E-state index contributed by atoms with van der Waals surface area (Å²) in [7, 11) is -0.637. The molecule has 0 aliphatic carbocycles. The van der Waals surface area contributed by atoms with Crippen molar-refractivity contribution in [3.8, 4) is 11.5 Å². The Bertz CT molecular complexity index is 1120. The van der Waals surface area contributed by atoms with Crippen molar-refractivity contribution in [1.82, 2.24) is 14.5 Å². The first-order valence-corrected chi connectivity index (χ1v) is 12.2. The average molecular weight is 476 g/mol. The summed E-state index contributed by atoms with van der Waals surface area (Å²) in [5, 5.41) is 2.86. The Labute approximate surface area is 194 Å². The summed E-state index contributed by atoms with van der Waals surface area (Å²) < 4.78 is 36.1. The van der Waals surface area contributed by atoms with Crippen LogP contribution in [0.2, 0.25) is 0 Å². The zero-order valence-electron chi connectivity index (χ0n) is 19.2. The predicted molar refractivity (Wildman–Crippen MR) is 123 cm³/mol. The van der Waals surface area contributed by atoms with Gasteiger partial charge in [-0.2, -0.15) is 4.31 Å². The minimum absolute atomic E-state index is 0.103. The van der Waals surface area contributed by atoms with Crippen molar-refractivity contribution in [3.05, 3.63) is 59.7 Å². The SMILES string of the molecule is COc1ccc(CN2C(=O)CN(S(C)(=O)=O)CC2(C)C(=O)NCc2ccccc2)cc1OC. The number of hydrogen-bond donors (Lipinski definition) is 1. The quantitative estimate of drug-likeness (QED) is 0.619. The van der Waals surface area contributed by atoms with Gasteiger partial charge in [-0.15, -0.1) is 0 Å². The molecule has 10 heteroatoms. The van der Waals surface area contributed by atoms with Gasteiger partial charge < -0.3 is 19.7 Å². The third-order valence-electron chi connectivity index (χ3n) is 5.74. The van der Waals surface area contributed by atoms with Crippen molar-refractivity contribution < 1.29 is 27.5 Å². The zero-order chi connectivity index (χ0) is 24.2. The standard InChI is InChI=1S/C23H29N3O6S/c1-23(22(28)24-13-17-8-6-5-7-9-17)16-25(33(4,29)30)15-21(27)26(23)14-18-10-11-19(31-2)20(12-18)32-3/h5-12H,13-16H2,1-4H3,(H,24,28). The number of carbonyl (C=O) groups is 2. The van der Waals surface area contributed by atoms with E-state index in [1.54, 1.807) is 25.1 Å². The van der Waals surface area contributed by atoms with Crippen LogP contribution in [0.4, 0.5) is 0 Å². The summed E-state index contributed by atoms with van der Waals surface area (Å²) in [6.07, 6.45) is 1.03. The number of methoxy groups -OCH3 is 2. The van der Waals surface area contributed by atoms with Gasteiger partial charge >= 0.3 is 0 Å². The highest BCUT2D eigenvalue weighted by molar-refractivity contribution is 7.88. The fourth-order valence-electron chi connectivity index (χ4n) is 3.82. The summed E-state index contributed by atoms with van der Waals surface area (Å²) in [5.41, 5.74) is 0.194. The van der Waals surface area contributed by atoms with Gasteiger partial charge in [0.2, 0.25) is 21.8 Å². The van der Waals surface area contributed by atoms with E-state index in [4.69, 9.17) is 9.47 Å². The number of piperazine rings is 1. The Kier molecular flexibility index (Phi) is 7.28. The Hall–Kier alpha value is -3.11. The van der Waals surface area contributed by atoms with Crippen LogP contribution in [0.5, 0.6) is 11.5 Å². The van der Waals surface area contributed by atoms with Gasteiger partial charge in [0.25, 0.3) is 0 Å². The van der Waals surface area contributed by atoms with E-state index < -0.39 is 27.4 Å². The number of ether oxygens (including phenoxy) is 2. The number of carbonyl (C=O) groups excluding carboxylic acids is 2. The van der Waals surface area contributed by atoms with Gasteiger partial charge in [0.15, 0.2) is 11.5 Å². The molecule has 1 aliphatic heterocycles. The number of benzene rings is 2. The van der Waals surface area contributed by atoms with Crippen LogP contribution in [0.25, 0.3) is 0 Å². The molecule has 0 radical (unpaired) electrons. The number of nitrogens with one attached hydrogen (secondary N) is 1. The average Bonchev–Trinajstić information content (AvgIpc) is 2.79. The van der Waals surface area contributed by atoms with Crippen LogP contribution in [0, 0.1) is 0 Å². The van der Waals surface area contributed by atoms with Gasteiger partial charge in [-0.05, 0) is 30.2 Å². The molecule has 2 amide bonds. The van der Waals surface area contributed by atoms with Gasteiger partial charge in [-0.3, -0.25) is 9.59 Å². The molecule has 0 aromatic heterocycles. The molecule has 1 saturated heterocycles. The largest absolute Gasteiger partial charge is 0.493 e. The zero-order valence-corrected chi connectivity index (χ0v) is 20.0. The molecule has 3 rings (SSSR count). The number of amides is 2. The van der Waals surface area contributed by atoms with Crippen molar-refractivity contribution in [2.75, 3.05) is 33.6 Å². The molecule has 2 aromatic carbocycles. The third-order valence-corrected chi connectivity index (χ3v) is 6.93. The third kappa shape index (κ3) is 5.45. The molecule has 1 atom stereocenters. The highest BCUT2D eigenvalue weighted by atomic mass is 32.2. The van der Waals surface area contributed by atoms with E-state index in [1.807, 2.05) is 30.3 Å². The number of nitrogens with zero attached hydrogens (tertiary/aromatic N) is 2. The molecule has 33 heavy (non-hydrogen) atoms. The molecule has 1 N–H and O–H groups in total. The molecule has 178 valence electrons. The Morgan fingerprint density at radius 1 is 1.06 bits per heavy atom. The Balaban J connectivity index is 1.91. The molecule has 2 aromatic rings. The van der Waals surface area contributed by atoms with Gasteiger partial charge in [-0.1, -0.05) is 36.4 Å². The topological polar surface area (TPSA) is 105 Å². The number of sulfonamides is 1. The lowest BCUT2D eigenvalue weighted by Crippen LogP contribution is -2.69. The van der Waals surface area contributed by atoms with Gasteiger partial charge in [0.1, 0.15) is 5.54 Å². The molecule has 1 aliphatic rings. The van der Waals surface area contributed by atoms with Crippen molar-refractivity contribution >= 4 is 21.8 Å². The Morgan fingerprint density at radius 3 is 2.33 bits per heavy atom. The fraction of sp³-hybridized carbons (Fsp3) is 0.391. The lowest BCUT2D eigenvalue weighted by molar-refractivity contribution is -0.153. The maximum absolute atomic E-state index is 13.4. The molecule has 0 bridgehead atoms. The lowest BCUT2D eigenvalue weighted by Gasteiger charge is -2.46. The monoisotopic (exact) mass is 475 g/mol. The van der Waals surface area contributed by atoms with Crippen LogP contribution in [-0.4, -0.2) is 68.5 Å². The lowest BCUT2D eigenvalue weighted by atomic mass is 9.94. The fourth-order valence-corrected chi connectivity index (χ4v) is 4.65. The highest BCUT2D eigenvalue weighted by Crippen LogP contribution is 2.31. The summed E-state index contributed by atoms with van der Waals surface area (Å²) in [6, 6.07) is 14.6. The molecule has 0 saturated carbocycles. The van der Waals surface area contributed by atoms with E-state index in [2.05, 4.69) is 5.32 Å². The Morgan fingerprint density at radius 2 is 1.73 bits per heavy atom. The van der Waals surface area contributed by atoms with E-state index in [0.717, 1.165) is 21.7 Å². The normalized spacial score (nSPS) is 19.3. The van der Waals surface area contributed by atoms with Crippen molar-refractivity contribution in [2.24, 2.45) is 0 Å². The minimum Gasteiger partial charge on any atom is -0.493 e. The van der Waals surface area contributed by atoms with Crippen molar-refractivity contribution in [2.45, 2.75) is 25.6 Å². The first-order valence-electron chi connectivity index (χ1n) is 10.4. The summed E-state index contributed by atoms with van der Waals surface area (Å²) in [5.74, 6) is 0.137.